The van der Waals surface area contributed by atoms with Gasteiger partial charge in [-0.3, -0.25) is 4.90 Å². The van der Waals surface area contributed by atoms with Crippen LogP contribution >= 0.6 is 0 Å². The molecule has 116 valence electrons. The smallest absolute Gasteiger partial charge is 0.0357 e. The SMILES string of the molecule is CCC(CN)(C1CC1)N1CCC(N2CCCCC2)CC1. The van der Waals surface area contributed by atoms with Crippen molar-refractivity contribution < 1.29 is 0 Å². The molecule has 0 radical (unpaired) electrons. The third-order valence-corrected chi connectivity index (χ3v) is 6.30. The average molecular weight is 279 g/mol. The minimum absolute atomic E-state index is 0.340. The lowest BCUT2D eigenvalue weighted by molar-refractivity contribution is 0.0142. The Kier molecular flexibility index (Phi) is 4.68. The van der Waals surface area contributed by atoms with Gasteiger partial charge in [-0.25, -0.2) is 0 Å². The van der Waals surface area contributed by atoms with Crippen molar-refractivity contribution in [1.29, 1.82) is 0 Å². The number of rotatable bonds is 5. The van der Waals surface area contributed by atoms with E-state index in [4.69, 9.17) is 5.73 Å². The topological polar surface area (TPSA) is 32.5 Å². The van der Waals surface area contributed by atoms with Crippen molar-refractivity contribution >= 4 is 0 Å². The minimum atomic E-state index is 0.340. The Bertz CT molecular complexity index is 295. The molecule has 0 aromatic heterocycles. The highest BCUT2D eigenvalue weighted by molar-refractivity contribution is 5.04. The largest absolute Gasteiger partial charge is 0.329 e. The average Bonchev–Trinajstić information content (AvgIpc) is 3.36. The number of nitrogens with zero attached hydrogens (tertiary/aromatic N) is 2. The van der Waals surface area contributed by atoms with E-state index in [0.717, 1.165) is 18.5 Å². The number of piperidine rings is 2. The number of likely N-dealkylation sites (tertiary alicyclic amines) is 2. The van der Waals surface area contributed by atoms with Crippen LogP contribution in [0.5, 0.6) is 0 Å². The normalized spacial score (nSPS) is 30.3. The molecule has 2 saturated heterocycles. The van der Waals surface area contributed by atoms with Crippen molar-refractivity contribution in [3.05, 3.63) is 0 Å². The minimum Gasteiger partial charge on any atom is -0.329 e. The molecule has 0 spiro atoms. The van der Waals surface area contributed by atoms with Crippen molar-refractivity contribution in [3.8, 4) is 0 Å². The van der Waals surface area contributed by atoms with Crippen molar-refractivity contribution in [2.45, 2.75) is 69.9 Å². The lowest BCUT2D eigenvalue weighted by Crippen LogP contribution is -2.59. The molecule has 1 aliphatic carbocycles. The molecular weight excluding hydrogens is 246 g/mol. The first kappa shape index (κ1) is 14.8. The standard InChI is InChI=1S/C17H33N3/c1-2-17(14-18,15-6-7-15)20-12-8-16(9-13-20)19-10-4-3-5-11-19/h15-16H,2-14,18H2,1H3. The van der Waals surface area contributed by atoms with Gasteiger partial charge in [0.05, 0.1) is 0 Å². The Balaban J connectivity index is 1.57. The molecule has 0 aromatic carbocycles. The van der Waals surface area contributed by atoms with Gasteiger partial charge in [0, 0.05) is 31.2 Å². The van der Waals surface area contributed by atoms with E-state index in [2.05, 4.69) is 16.7 Å². The van der Waals surface area contributed by atoms with Crippen LogP contribution in [-0.4, -0.2) is 54.1 Å². The van der Waals surface area contributed by atoms with Crippen LogP contribution in [0.15, 0.2) is 0 Å². The van der Waals surface area contributed by atoms with Gasteiger partial charge in [-0.15, -0.1) is 0 Å². The Labute approximate surface area is 124 Å². The van der Waals surface area contributed by atoms with Gasteiger partial charge in [-0.05, 0) is 64.0 Å². The van der Waals surface area contributed by atoms with E-state index in [1.54, 1.807) is 0 Å². The van der Waals surface area contributed by atoms with Crippen molar-refractivity contribution in [2.24, 2.45) is 11.7 Å². The van der Waals surface area contributed by atoms with Gasteiger partial charge in [-0.2, -0.15) is 0 Å². The molecule has 0 amide bonds. The number of hydrogen-bond donors (Lipinski definition) is 1. The van der Waals surface area contributed by atoms with Gasteiger partial charge < -0.3 is 10.6 Å². The van der Waals surface area contributed by atoms with Gasteiger partial charge in [0.2, 0.25) is 0 Å². The molecule has 1 saturated carbocycles. The van der Waals surface area contributed by atoms with Gasteiger partial charge >= 0.3 is 0 Å². The van der Waals surface area contributed by atoms with Crippen LogP contribution in [-0.2, 0) is 0 Å². The van der Waals surface area contributed by atoms with Crippen LogP contribution in [0.4, 0.5) is 0 Å². The fraction of sp³-hybridized carbons (Fsp3) is 1.00. The maximum absolute atomic E-state index is 6.22. The molecule has 3 fully saturated rings. The van der Waals surface area contributed by atoms with Crippen molar-refractivity contribution in [1.82, 2.24) is 9.80 Å². The van der Waals surface area contributed by atoms with Gasteiger partial charge in [0.1, 0.15) is 0 Å². The molecule has 3 nitrogen and oxygen atoms in total. The Hall–Kier alpha value is -0.120. The Morgan fingerprint density at radius 3 is 2.10 bits per heavy atom. The highest BCUT2D eigenvalue weighted by Crippen LogP contribution is 2.45. The zero-order chi connectivity index (χ0) is 14.0. The molecule has 2 heterocycles. The fourth-order valence-corrected chi connectivity index (χ4v) is 4.79. The third kappa shape index (κ3) is 2.77. The molecule has 2 N–H and O–H groups in total. The van der Waals surface area contributed by atoms with Crippen molar-refractivity contribution in [2.75, 3.05) is 32.7 Å². The predicted octanol–water partition coefficient (Wildman–Crippen LogP) is 2.45. The first-order chi connectivity index (χ1) is 9.80. The van der Waals surface area contributed by atoms with E-state index in [1.807, 2.05) is 0 Å². The first-order valence-electron chi connectivity index (χ1n) is 8.99. The second-order valence-corrected chi connectivity index (χ2v) is 7.25. The van der Waals surface area contributed by atoms with Crippen LogP contribution in [0, 0.1) is 5.92 Å². The zero-order valence-corrected chi connectivity index (χ0v) is 13.3. The molecule has 1 unspecified atom stereocenters. The molecule has 20 heavy (non-hydrogen) atoms. The lowest BCUT2D eigenvalue weighted by atomic mass is 9.85. The summed E-state index contributed by atoms with van der Waals surface area (Å²) in [6.07, 6.45) is 11.1. The molecule has 2 aliphatic heterocycles. The van der Waals surface area contributed by atoms with Crippen LogP contribution in [0.1, 0.15) is 58.3 Å². The summed E-state index contributed by atoms with van der Waals surface area (Å²) in [6.45, 7) is 8.47. The van der Waals surface area contributed by atoms with Crippen LogP contribution in [0.2, 0.25) is 0 Å². The summed E-state index contributed by atoms with van der Waals surface area (Å²) in [5, 5.41) is 0. The molecule has 0 aromatic rings. The quantitative estimate of drug-likeness (QED) is 0.839. The summed E-state index contributed by atoms with van der Waals surface area (Å²) < 4.78 is 0. The summed E-state index contributed by atoms with van der Waals surface area (Å²) in [4.78, 5) is 5.54. The number of nitrogens with two attached hydrogens (primary N) is 1. The maximum Gasteiger partial charge on any atom is 0.0357 e. The van der Waals surface area contributed by atoms with E-state index in [9.17, 15) is 0 Å². The zero-order valence-electron chi connectivity index (χ0n) is 13.3. The van der Waals surface area contributed by atoms with E-state index < -0.39 is 0 Å². The third-order valence-electron chi connectivity index (χ3n) is 6.30. The van der Waals surface area contributed by atoms with Crippen LogP contribution in [0.3, 0.4) is 0 Å². The Morgan fingerprint density at radius 2 is 1.60 bits per heavy atom. The van der Waals surface area contributed by atoms with E-state index in [1.165, 1.54) is 77.5 Å². The van der Waals surface area contributed by atoms with E-state index in [0.29, 0.717) is 5.54 Å². The fourth-order valence-electron chi connectivity index (χ4n) is 4.79. The lowest BCUT2D eigenvalue weighted by Gasteiger charge is -2.49. The summed E-state index contributed by atoms with van der Waals surface area (Å²) in [7, 11) is 0. The second-order valence-electron chi connectivity index (χ2n) is 7.25. The van der Waals surface area contributed by atoms with Gasteiger partial charge in [-0.1, -0.05) is 13.3 Å². The molecule has 1 atom stereocenters. The van der Waals surface area contributed by atoms with Crippen LogP contribution < -0.4 is 5.73 Å². The van der Waals surface area contributed by atoms with Gasteiger partial charge in [0.25, 0.3) is 0 Å². The summed E-state index contributed by atoms with van der Waals surface area (Å²) in [5.74, 6) is 0.893. The summed E-state index contributed by atoms with van der Waals surface area (Å²) >= 11 is 0. The maximum atomic E-state index is 6.22. The van der Waals surface area contributed by atoms with Crippen LogP contribution in [0.25, 0.3) is 0 Å². The highest BCUT2D eigenvalue weighted by atomic mass is 15.3. The van der Waals surface area contributed by atoms with Crippen molar-refractivity contribution in [3.63, 3.8) is 0 Å². The number of hydrogen-bond acceptors (Lipinski definition) is 3. The Morgan fingerprint density at radius 1 is 0.950 bits per heavy atom. The molecule has 3 aliphatic rings. The second kappa shape index (κ2) is 6.33. The van der Waals surface area contributed by atoms with E-state index in [-0.39, 0.29) is 0 Å². The molecule has 3 heteroatoms. The monoisotopic (exact) mass is 279 g/mol. The van der Waals surface area contributed by atoms with E-state index >= 15 is 0 Å². The molecule has 0 bridgehead atoms. The summed E-state index contributed by atoms with van der Waals surface area (Å²) in [5.41, 5.74) is 6.56. The first-order valence-corrected chi connectivity index (χ1v) is 8.99. The highest BCUT2D eigenvalue weighted by Gasteiger charge is 2.47. The molecular formula is C17H33N3. The predicted molar refractivity (Wildman–Crippen MR) is 84.8 cm³/mol. The molecule has 3 rings (SSSR count). The summed E-state index contributed by atoms with van der Waals surface area (Å²) in [6, 6.07) is 0.859. The van der Waals surface area contributed by atoms with Gasteiger partial charge in [0.15, 0.2) is 0 Å².